The molecule has 0 atom stereocenters. The number of nitrogens with zero attached hydrogens (tertiary/aromatic N) is 2. The summed E-state index contributed by atoms with van der Waals surface area (Å²) in [6, 6.07) is 11.4. The first-order valence-electron chi connectivity index (χ1n) is 9.37. The van der Waals surface area contributed by atoms with Gasteiger partial charge in [0.25, 0.3) is 11.8 Å². The molecule has 0 radical (unpaired) electrons. The minimum Gasteiger partial charge on any atom is -0.338 e. The van der Waals surface area contributed by atoms with Crippen molar-refractivity contribution in [2.45, 2.75) is 32.7 Å². The number of piperidine rings is 1. The predicted octanol–water partition coefficient (Wildman–Crippen LogP) is 3.82. The summed E-state index contributed by atoms with van der Waals surface area (Å²) < 4.78 is 0. The molecule has 2 aromatic rings. The van der Waals surface area contributed by atoms with Crippen LogP contribution in [-0.4, -0.2) is 41.2 Å². The first kappa shape index (κ1) is 17.3. The number of hydrogen-bond donors (Lipinski definition) is 0. The number of hydrogen-bond acceptors (Lipinski definition) is 3. The molecule has 0 N–H and O–H groups in total. The number of benzene rings is 1. The minimum atomic E-state index is 0.0698. The molecule has 2 amide bonds. The van der Waals surface area contributed by atoms with Crippen LogP contribution < -0.4 is 0 Å². The predicted molar refractivity (Wildman–Crippen MR) is 104 cm³/mol. The highest BCUT2D eigenvalue weighted by molar-refractivity contribution is 7.14. The van der Waals surface area contributed by atoms with Crippen molar-refractivity contribution in [3.8, 4) is 0 Å². The van der Waals surface area contributed by atoms with E-state index in [1.54, 1.807) is 11.3 Å². The highest BCUT2D eigenvalue weighted by Gasteiger charge is 2.27. The van der Waals surface area contributed by atoms with E-state index in [2.05, 4.69) is 6.92 Å². The molecule has 1 aromatic carbocycles. The monoisotopic (exact) mass is 368 g/mol. The zero-order valence-electron chi connectivity index (χ0n) is 15.1. The Balaban J connectivity index is 1.47. The number of fused-ring (bicyclic) bond motifs is 1. The van der Waals surface area contributed by atoms with Gasteiger partial charge in [0, 0.05) is 36.6 Å². The summed E-state index contributed by atoms with van der Waals surface area (Å²) in [6.07, 6.45) is 3.02. The van der Waals surface area contributed by atoms with Crippen LogP contribution in [0.5, 0.6) is 0 Å². The molecule has 4 rings (SSSR count). The molecule has 3 heterocycles. The molecule has 0 bridgehead atoms. The molecule has 2 aliphatic heterocycles. The van der Waals surface area contributed by atoms with E-state index in [-0.39, 0.29) is 11.8 Å². The fraction of sp³-hybridized carbons (Fsp3) is 0.429. The van der Waals surface area contributed by atoms with Crippen molar-refractivity contribution < 1.29 is 9.59 Å². The van der Waals surface area contributed by atoms with E-state index in [9.17, 15) is 9.59 Å². The molecule has 1 saturated heterocycles. The van der Waals surface area contributed by atoms with Gasteiger partial charge in [-0.05, 0) is 48.9 Å². The van der Waals surface area contributed by atoms with Gasteiger partial charge in [-0.15, -0.1) is 11.3 Å². The fourth-order valence-electron chi connectivity index (χ4n) is 3.74. The van der Waals surface area contributed by atoms with Gasteiger partial charge in [-0.1, -0.05) is 25.1 Å². The summed E-state index contributed by atoms with van der Waals surface area (Å²) >= 11 is 1.62. The van der Waals surface area contributed by atoms with Crippen LogP contribution in [-0.2, 0) is 13.0 Å². The lowest BCUT2D eigenvalue weighted by Crippen LogP contribution is -2.37. The van der Waals surface area contributed by atoms with Gasteiger partial charge in [0.1, 0.15) is 0 Å². The lowest BCUT2D eigenvalue weighted by atomic mass is 9.99. The maximum absolute atomic E-state index is 12.8. The first-order valence-corrected chi connectivity index (χ1v) is 10.2. The van der Waals surface area contributed by atoms with Crippen LogP contribution in [0.2, 0.25) is 0 Å². The summed E-state index contributed by atoms with van der Waals surface area (Å²) in [7, 11) is 0. The number of likely N-dealkylation sites (tertiary alicyclic amines) is 1. The van der Waals surface area contributed by atoms with Crippen LogP contribution in [0, 0.1) is 5.92 Å². The van der Waals surface area contributed by atoms with Gasteiger partial charge in [0.05, 0.1) is 4.88 Å². The van der Waals surface area contributed by atoms with Crippen molar-refractivity contribution in [1.82, 2.24) is 9.80 Å². The van der Waals surface area contributed by atoms with Crippen molar-refractivity contribution in [2.75, 3.05) is 19.6 Å². The van der Waals surface area contributed by atoms with E-state index < -0.39 is 0 Å². The molecule has 26 heavy (non-hydrogen) atoms. The molecule has 1 aromatic heterocycles. The molecule has 136 valence electrons. The number of rotatable bonds is 2. The SMILES string of the molecule is CC1CCN(C(=O)c2cc3c(s2)CCN(C(=O)c2ccccc2)C3)CC1. The second-order valence-corrected chi connectivity index (χ2v) is 8.51. The van der Waals surface area contributed by atoms with Crippen molar-refractivity contribution in [3.63, 3.8) is 0 Å². The van der Waals surface area contributed by atoms with Gasteiger partial charge in [-0.2, -0.15) is 0 Å². The average molecular weight is 369 g/mol. The van der Waals surface area contributed by atoms with Gasteiger partial charge in [0.2, 0.25) is 0 Å². The molecule has 1 fully saturated rings. The van der Waals surface area contributed by atoms with Crippen molar-refractivity contribution in [2.24, 2.45) is 5.92 Å². The highest BCUT2D eigenvalue weighted by atomic mass is 32.1. The van der Waals surface area contributed by atoms with Crippen molar-refractivity contribution in [3.05, 3.63) is 57.3 Å². The van der Waals surface area contributed by atoms with E-state index in [4.69, 9.17) is 0 Å². The van der Waals surface area contributed by atoms with Crippen LogP contribution in [0.15, 0.2) is 36.4 Å². The van der Waals surface area contributed by atoms with Crippen LogP contribution in [0.25, 0.3) is 0 Å². The third-order valence-corrected chi connectivity index (χ3v) is 6.68. The zero-order valence-corrected chi connectivity index (χ0v) is 15.9. The largest absolute Gasteiger partial charge is 0.338 e. The summed E-state index contributed by atoms with van der Waals surface area (Å²) in [5.74, 6) is 0.950. The summed E-state index contributed by atoms with van der Waals surface area (Å²) in [5.41, 5.74) is 1.86. The van der Waals surface area contributed by atoms with Crippen LogP contribution in [0.1, 0.15) is 50.2 Å². The third kappa shape index (κ3) is 3.40. The van der Waals surface area contributed by atoms with Crippen LogP contribution in [0.3, 0.4) is 0 Å². The Morgan fingerprint density at radius 1 is 1.00 bits per heavy atom. The van der Waals surface area contributed by atoms with Crippen LogP contribution >= 0.6 is 11.3 Å². The van der Waals surface area contributed by atoms with E-state index in [0.717, 1.165) is 54.9 Å². The highest BCUT2D eigenvalue weighted by Crippen LogP contribution is 2.30. The van der Waals surface area contributed by atoms with Gasteiger partial charge < -0.3 is 9.80 Å². The van der Waals surface area contributed by atoms with Crippen molar-refractivity contribution in [1.29, 1.82) is 0 Å². The molecule has 4 nitrogen and oxygen atoms in total. The van der Waals surface area contributed by atoms with Crippen LogP contribution in [0.4, 0.5) is 0 Å². The molecular weight excluding hydrogens is 344 g/mol. The topological polar surface area (TPSA) is 40.6 Å². The Morgan fingerprint density at radius 3 is 2.46 bits per heavy atom. The lowest BCUT2D eigenvalue weighted by molar-refractivity contribution is 0.0701. The van der Waals surface area contributed by atoms with E-state index in [1.165, 1.54) is 4.88 Å². The molecule has 5 heteroatoms. The van der Waals surface area contributed by atoms with E-state index >= 15 is 0 Å². The molecule has 0 unspecified atom stereocenters. The Bertz CT molecular complexity index is 807. The number of amides is 2. The lowest BCUT2D eigenvalue weighted by Gasteiger charge is -2.29. The second kappa shape index (κ2) is 7.23. The number of carbonyl (C=O) groups excluding carboxylic acids is 2. The average Bonchev–Trinajstić information content (AvgIpc) is 3.11. The Morgan fingerprint density at radius 2 is 1.73 bits per heavy atom. The van der Waals surface area contributed by atoms with Gasteiger partial charge in [-0.3, -0.25) is 9.59 Å². The first-order chi connectivity index (χ1) is 12.6. The molecule has 0 saturated carbocycles. The Labute approximate surface area is 158 Å². The normalized spacial score (nSPS) is 17.9. The summed E-state index contributed by atoms with van der Waals surface area (Å²) in [5, 5.41) is 0. The summed E-state index contributed by atoms with van der Waals surface area (Å²) in [4.78, 5) is 31.5. The summed E-state index contributed by atoms with van der Waals surface area (Å²) in [6.45, 7) is 5.30. The van der Waals surface area contributed by atoms with Gasteiger partial charge >= 0.3 is 0 Å². The fourth-order valence-corrected chi connectivity index (χ4v) is 4.87. The standard InChI is InChI=1S/C21H24N2O2S/c1-15-7-10-22(11-8-15)21(25)19-13-17-14-23(12-9-18(17)26-19)20(24)16-5-3-2-4-6-16/h2-6,13,15H,7-12,14H2,1H3. The Kier molecular flexibility index (Phi) is 4.81. The van der Waals surface area contributed by atoms with Gasteiger partial charge in [0.15, 0.2) is 0 Å². The number of thiophene rings is 1. The molecular formula is C21H24N2O2S. The molecule has 2 aliphatic rings. The van der Waals surface area contributed by atoms with E-state index in [0.29, 0.717) is 12.5 Å². The Hall–Kier alpha value is -2.14. The van der Waals surface area contributed by atoms with Gasteiger partial charge in [-0.25, -0.2) is 0 Å². The third-order valence-electron chi connectivity index (χ3n) is 5.46. The van der Waals surface area contributed by atoms with E-state index in [1.807, 2.05) is 46.2 Å². The minimum absolute atomic E-state index is 0.0698. The molecule has 0 spiro atoms. The smallest absolute Gasteiger partial charge is 0.263 e. The maximum Gasteiger partial charge on any atom is 0.263 e. The molecule has 0 aliphatic carbocycles. The second-order valence-electron chi connectivity index (χ2n) is 7.38. The number of carbonyl (C=O) groups is 2. The van der Waals surface area contributed by atoms with Crippen molar-refractivity contribution >= 4 is 23.2 Å². The maximum atomic E-state index is 12.8. The quantitative estimate of drug-likeness (QED) is 0.809. The zero-order chi connectivity index (χ0) is 18.1.